The van der Waals surface area contributed by atoms with Gasteiger partial charge >= 0.3 is 17.8 Å². The topological polar surface area (TPSA) is 88.1 Å². The lowest BCUT2D eigenvalue weighted by molar-refractivity contribution is -0.144. The van der Waals surface area contributed by atoms with E-state index >= 15 is 0 Å². The number of alkyl halides is 3. The third-order valence-electron chi connectivity index (χ3n) is 3.35. The van der Waals surface area contributed by atoms with Crippen LogP contribution in [0.15, 0.2) is 15.9 Å². The number of esters is 1. The second-order valence-corrected chi connectivity index (χ2v) is 4.87. The van der Waals surface area contributed by atoms with Crippen molar-refractivity contribution in [3.8, 4) is 0 Å². The minimum Gasteiger partial charge on any atom is -0.467 e. The number of fused-ring (bicyclic) bond motifs is 1. The molecule has 0 aliphatic rings. The van der Waals surface area contributed by atoms with Crippen molar-refractivity contribution in [1.29, 1.82) is 0 Å². The van der Waals surface area contributed by atoms with Crippen molar-refractivity contribution in [3.05, 3.63) is 27.2 Å². The highest BCUT2D eigenvalue weighted by Crippen LogP contribution is 2.17. The van der Waals surface area contributed by atoms with Gasteiger partial charge in [-0.15, -0.1) is 0 Å². The number of ether oxygens (including phenoxy) is 1. The van der Waals surface area contributed by atoms with Crippen LogP contribution in [0.2, 0.25) is 0 Å². The van der Waals surface area contributed by atoms with Crippen molar-refractivity contribution in [1.82, 2.24) is 18.7 Å². The van der Waals surface area contributed by atoms with Crippen molar-refractivity contribution in [2.24, 2.45) is 7.05 Å². The van der Waals surface area contributed by atoms with Crippen molar-refractivity contribution in [3.63, 3.8) is 0 Å². The molecule has 0 amide bonds. The van der Waals surface area contributed by atoms with Gasteiger partial charge in [-0.2, -0.15) is 13.2 Å². The van der Waals surface area contributed by atoms with Crippen LogP contribution in [-0.2, 0) is 23.1 Å². The normalized spacial score (nSPS) is 13.3. The van der Waals surface area contributed by atoms with Crippen LogP contribution in [0.5, 0.6) is 0 Å². The molecule has 8 nitrogen and oxygen atoms in total. The summed E-state index contributed by atoms with van der Waals surface area (Å²) in [6, 6.07) is -0.991. The van der Waals surface area contributed by atoms with Crippen molar-refractivity contribution in [2.45, 2.75) is 25.7 Å². The number of carbonyl (C=O) groups excluding carboxylic acids is 1. The molecule has 2 heterocycles. The van der Waals surface area contributed by atoms with E-state index in [1.807, 2.05) is 0 Å². The Labute approximate surface area is 126 Å². The Bertz CT molecular complexity index is 877. The van der Waals surface area contributed by atoms with E-state index in [2.05, 4.69) is 9.72 Å². The summed E-state index contributed by atoms with van der Waals surface area (Å²) in [6.45, 7) is -0.335. The fourth-order valence-electron chi connectivity index (χ4n) is 2.19. The summed E-state index contributed by atoms with van der Waals surface area (Å²) in [7, 11) is 2.33. The third-order valence-corrected chi connectivity index (χ3v) is 3.35. The van der Waals surface area contributed by atoms with E-state index in [1.54, 1.807) is 0 Å². The van der Waals surface area contributed by atoms with Gasteiger partial charge in [0.15, 0.2) is 11.2 Å². The van der Waals surface area contributed by atoms with Gasteiger partial charge in [0, 0.05) is 7.05 Å². The van der Waals surface area contributed by atoms with E-state index < -0.39 is 36.0 Å². The molecule has 1 atom stereocenters. The number of imidazole rings is 1. The van der Waals surface area contributed by atoms with Crippen LogP contribution >= 0.6 is 0 Å². The highest BCUT2D eigenvalue weighted by Gasteiger charge is 2.31. The maximum Gasteiger partial charge on any atom is 0.406 e. The fourth-order valence-corrected chi connectivity index (χ4v) is 2.19. The number of rotatable bonds is 3. The second-order valence-electron chi connectivity index (χ2n) is 4.87. The predicted molar refractivity (Wildman–Crippen MR) is 72.0 cm³/mol. The number of carbonyl (C=O) groups is 1. The van der Waals surface area contributed by atoms with Crippen LogP contribution in [0.4, 0.5) is 13.2 Å². The number of aryl methyl sites for hydroxylation is 1. The van der Waals surface area contributed by atoms with Crippen molar-refractivity contribution >= 4 is 17.1 Å². The van der Waals surface area contributed by atoms with Gasteiger partial charge in [-0.05, 0) is 6.92 Å². The number of halogens is 3. The van der Waals surface area contributed by atoms with Crippen LogP contribution in [0, 0.1) is 0 Å². The van der Waals surface area contributed by atoms with Gasteiger partial charge in [-0.1, -0.05) is 0 Å². The Morgan fingerprint density at radius 1 is 1.39 bits per heavy atom. The van der Waals surface area contributed by atoms with E-state index in [9.17, 15) is 27.6 Å². The zero-order valence-corrected chi connectivity index (χ0v) is 12.4. The molecule has 2 rings (SSSR count). The molecular weight excluding hydrogens is 321 g/mol. The number of nitrogens with zero attached hydrogens (tertiary/aromatic N) is 4. The lowest BCUT2D eigenvalue weighted by Gasteiger charge is -2.14. The molecule has 11 heteroatoms. The van der Waals surface area contributed by atoms with Gasteiger partial charge in [0.25, 0.3) is 5.56 Å². The number of hydrogen-bond acceptors (Lipinski definition) is 5. The van der Waals surface area contributed by atoms with E-state index in [4.69, 9.17) is 0 Å². The summed E-state index contributed by atoms with van der Waals surface area (Å²) in [5.74, 6) is -0.708. The van der Waals surface area contributed by atoms with E-state index in [1.165, 1.54) is 14.0 Å². The molecule has 0 aromatic carbocycles. The van der Waals surface area contributed by atoms with Crippen molar-refractivity contribution in [2.75, 3.05) is 7.11 Å². The Morgan fingerprint density at radius 3 is 2.52 bits per heavy atom. The molecule has 2 aromatic heterocycles. The Balaban J connectivity index is 2.80. The zero-order chi connectivity index (χ0) is 17.5. The van der Waals surface area contributed by atoms with Crippen LogP contribution < -0.4 is 11.2 Å². The predicted octanol–water partition coefficient (Wildman–Crippen LogP) is 0.193. The molecule has 0 N–H and O–H groups in total. The lowest BCUT2D eigenvalue weighted by Crippen LogP contribution is -2.43. The number of aromatic nitrogens is 4. The first kappa shape index (κ1) is 16.8. The minimum absolute atomic E-state index is 0.0600. The molecule has 0 aliphatic carbocycles. The standard InChI is InChI=1S/C12H13F3N4O4/c1-6(10(21)23-3)19-5-16-8-7(19)9(20)18(4-12(13,14)15)11(22)17(8)2/h5-6H,4H2,1-3H3. The van der Waals surface area contributed by atoms with Crippen molar-refractivity contribution < 1.29 is 22.7 Å². The molecule has 2 aromatic rings. The van der Waals surface area contributed by atoms with Crippen LogP contribution in [0.3, 0.4) is 0 Å². The average molecular weight is 334 g/mol. The maximum atomic E-state index is 12.6. The van der Waals surface area contributed by atoms with Gasteiger partial charge in [0.05, 0.1) is 13.4 Å². The van der Waals surface area contributed by atoms with Crippen LogP contribution in [-0.4, -0.2) is 37.9 Å². The second kappa shape index (κ2) is 5.56. The molecule has 23 heavy (non-hydrogen) atoms. The van der Waals surface area contributed by atoms with Crippen LogP contribution in [0.25, 0.3) is 11.2 Å². The molecule has 0 saturated carbocycles. The SMILES string of the molecule is COC(=O)C(C)n1cnc2c1c(=O)n(CC(F)(F)F)c(=O)n2C. The largest absolute Gasteiger partial charge is 0.467 e. The first-order valence-corrected chi connectivity index (χ1v) is 6.39. The molecule has 0 fully saturated rings. The molecule has 0 bridgehead atoms. The zero-order valence-electron chi connectivity index (χ0n) is 12.4. The quantitative estimate of drug-likeness (QED) is 0.748. The van der Waals surface area contributed by atoms with E-state index in [-0.39, 0.29) is 15.7 Å². The molecule has 126 valence electrons. The van der Waals surface area contributed by atoms with Gasteiger partial charge in [-0.3, -0.25) is 9.36 Å². The smallest absolute Gasteiger partial charge is 0.406 e. The van der Waals surface area contributed by atoms with Gasteiger partial charge in [-0.25, -0.2) is 19.1 Å². The molecule has 0 radical (unpaired) electrons. The first-order valence-electron chi connectivity index (χ1n) is 6.39. The summed E-state index contributed by atoms with van der Waals surface area (Å²) in [6.07, 6.45) is -3.65. The maximum absolute atomic E-state index is 12.6. The van der Waals surface area contributed by atoms with Gasteiger partial charge in [0.1, 0.15) is 12.6 Å². The summed E-state index contributed by atoms with van der Waals surface area (Å²) >= 11 is 0. The molecule has 0 aliphatic heterocycles. The monoisotopic (exact) mass is 334 g/mol. The Hall–Kier alpha value is -2.59. The van der Waals surface area contributed by atoms with Gasteiger partial charge in [0.2, 0.25) is 0 Å². The summed E-state index contributed by atoms with van der Waals surface area (Å²) in [4.78, 5) is 39.7. The summed E-state index contributed by atoms with van der Waals surface area (Å²) < 4.78 is 44.3. The minimum atomic E-state index is -4.75. The van der Waals surface area contributed by atoms with E-state index in [0.717, 1.165) is 22.6 Å². The molecule has 0 saturated heterocycles. The summed E-state index contributed by atoms with van der Waals surface area (Å²) in [5, 5.41) is 0. The first-order chi connectivity index (χ1) is 10.6. The highest BCUT2D eigenvalue weighted by molar-refractivity contribution is 5.78. The Morgan fingerprint density at radius 2 is 2.00 bits per heavy atom. The van der Waals surface area contributed by atoms with Crippen LogP contribution in [0.1, 0.15) is 13.0 Å². The number of hydrogen-bond donors (Lipinski definition) is 0. The molecule has 0 spiro atoms. The molecule has 1 unspecified atom stereocenters. The highest BCUT2D eigenvalue weighted by atomic mass is 19.4. The molecular formula is C12H13F3N4O4. The third kappa shape index (κ3) is 2.85. The Kier molecular flexibility index (Phi) is 4.05. The average Bonchev–Trinajstić information content (AvgIpc) is 2.91. The van der Waals surface area contributed by atoms with E-state index in [0.29, 0.717) is 0 Å². The number of methoxy groups -OCH3 is 1. The van der Waals surface area contributed by atoms with Gasteiger partial charge < -0.3 is 9.30 Å². The summed E-state index contributed by atoms with van der Waals surface area (Å²) in [5.41, 5.74) is -2.71. The fraction of sp³-hybridized carbons (Fsp3) is 0.500. The lowest BCUT2D eigenvalue weighted by atomic mass is 10.3.